The second-order valence-electron chi connectivity index (χ2n) is 5.39. The van der Waals surface area contributed by atoms with Gasteiger partial charge in [0.25, 0.3) is 0 Å². The summed E-state index contributed by atoms with van der Waals surface area (Å²) in [5, 5.41) is 10.5. The van der Waals surface area contributed by atoms with Crippen LogP contribution in [0.1, 0.15) is 24.5 Å². The number of aromatic hydroxyl groups is 1. The van der Waals surface area contributed by atoms with Crippen LogP contribution in [-0.4, -0.2) is 11.1 Å². The molecule has 1 aliphatic rings. The number of hydrogen-bond acceptors (Lipinski definition) is 2. The molecule has 0 spiro atoms. The minimum absolute atomic E-state index is 0.199. The Hall–Kier alpha value is -1.67. The van der Waals surface area contributed by atoms with Crippen molar-refractivity contribution in [1.82, 2.24) is 0 Å². The highest BCUT2D eigenvalue weighted by molar-refractivity contribution is 6.32. The van der Waals surface area contributed by atoms with E-state index in [0.29, 0.717) is 17.6 Å². The molecular formula is C17H18ClNO. The monoisotopic (exact) mass is 287 g/mol. The van der Waals surface area contributed by atoms with Gasteiger partial charge in [0.05, 0.1) is 5.02 Å². The largest absolute Gasteiger partial charge is 0.506 e. The molecule has 0 fully saturated rings. The number of nitrogens with zero attached hydrogens (tertiary/aromatic N) is 1. The summed E-state index contributed by atoms with van der Waals surface area (Å²) < 4.78 is 0. The Morgan fingerprint density at radius 2 is 2.00 bits per heavy atom. The van der Waals surface area contributed by atoms with E-state index < -0.39 is 0 Å². The molecule has 1 N–H and O–H groups in total. The molecule has 20 heavy (non-hydrogen) atoms. The minimum atomic E-state index is 0.199. The molecule has 0 amide bonds. The lowest BCUT2D eigenvalue weighted by Crippen LogP contribution is -2.36. The molecular weight excluding hydrogens is 270 g/mol. The molecule has 0 radical (unpaired) electrons. The number of anilines is 1. The fraction of sp³-hybridized carbons (Fsp3) is 0.294. The highest BCUT2D eigenvalue weighted by Gasteiger charge is 2.23. The maximum absolute atomic E-state index is 10.1. The summed E-state index contributed by atoms with van der Waals surface area (Å²) >= 11 is 6.00. The molecule has 2 nitrogen and oxygen atoms in total. The van der Waals surface area contributed by atoms with E-state index in [1.165, 1.54) is 11.3 Å². The Labute approximate surface area is 124 Å². The number of benzene rings is 2. The fourth-order valence-corrected chi connectivity index (χ4v) is 3.07. The summed E-state index contributed by atoms with van der Waals surface area (Å²) in [6.45, 7) is 2.92. The molecule has 104 valence electrons. The van der Waals surface area contributed by atoms with Gasteiger partial charge in [0.2, 0.25) is 0 Å². The van der Waals surface area contributed by atoms with Crippen LogP contribution in [-0.2, 0) is 13.0 Å². The summed E-state index contributed by atoms with van der Waals surface area (Å²) in [5.74, 6) is 0.199. The minimum Gasteiger partial charge on any atom is -0.506 e. The first-order chi connectivity index (χ1) is 9.66. The van der Waals surface area contributed by atoms with Crippen LogP contribution in [0.15, 0.2) is 42.5 Å². The molecule has 0 aliphatic carbocycles. The van der Waals surface area contributed by atoms with Crippen molar-refractivity contribution in [2.45, 2.75) is 32.4 Å². The summed E-state index contributed by atoms with van der Waals surface area (Å²) in [4.78, 5) is 2.35. The van der Waals surface area contributed by atoms with Crippen LogP contribution in [0, 0.1) is 0 Å². The standard InChI is InChI=1S/C17H18ClNO/c1-12-9-10-13-5-2-3-8-16(13)19(12)11-14-6-4-7-15(18)17(14)20/h2-8,12,20H,9-11H2,1H3. The maximum atomic E-state index is 10.1. The van der Waals surface area contributed by atoms with E-state index in [4.69, 9.17) is 11.6 Å². The van der Waals surface area contributed by atoms with Gasteiger partial charge in [0.15, 0.2) is 0 Å². The normalized spacial score (nSPS) is 17.9. The summed E-state index contributed by atoms with van der Waals surface area (Å²) in [6, 6.07) is 14.5. The van der Waals surface area contributed by atoms with E-state index in [-0.39, 0.29) is 5.75 Å². The van der Waals surface area contributed by atoms with E-state index in [1.807, 2.05) is 12.1 Å². The Bertz CT molecular complexity index is 626. The third-order valence-electron chi connectivity index (χ3n) is 4.08. The number of para-hydroxylation sites is 2. The Morgan fingerprint density at radius 1 is 1.20 bits per heavy atom. The van der Waals surface area contributed by atoms with E-state index >= 15 is 0 Å². The average molecular weight is 288 g/mol. The number of halogens is 1. The van der Waals surface area contributed by atoms with Crippen LogP contribution >= 0.6 is 11.6 Å². The lowest BCUT2D eigenvalue weighted by Gasteiger charge is -2.37. The number of rotatable bonds is 2. The number of phenols is 1. The van der Waals surface area contributed by atoms with Gasteiger partial charge in [-0.05, 0) is 37.5 Å². The molecule has 1 atom stereocenters. The Balaban J connectivity index is 1.96. The highest BCUT2D eigenvalue weighted by Crippen LogP contribution is 2.34. The zero-order chi connectivity index (χ0) is 14.1. The molecule has 0 aromatic heterocycles. The third-order valence-corrected chi connectivity index (χ3v) is 4.38. The SMILES string of the molecule is CC1CCc2ccccc2N1Cc1cccc(Cl)c1O. The molecule has 1 unspecified atom stereocenters. The Kier molecular flexibility index (Phi) is 3.58. The molecule has 3 rings (SSSR count). The molecule has 1 heterocycles. The lowest BCUT2D eigenvalue weighted by atomic mass is 9.96. The van der Waals surface area contributed by atoms with Crippen LogP contribution in [0.25, 0.3) is 0 Å². The average Bonchev–Trinajstić information content (AvgIpc) is 2.46. The zero-order valence-corrected chi connectivity index (χ0v) is 12.3. The molecule has 1 aliphatic heterocycles. The smallest absolute Gasteiger partial charge is 0.139 e. The summed E-state index contributed by atoms with van der Waals surface area (Å²) in [7, 11) is 0. The van der Waals surface area contributed by atoms with Crippen LogP contribution in [0.2, 0.25) is 5.02 Å². The van der Waals surface area contributed by atoms with Crippen molar-refractivity contribution in [3.05, 3.63) is 58.6 Å². The van der Waals surface area contributed by atoms with Gasteiger partial charge in [0, 0.05) is 23.8 Å². The zero-order valence-electron chi connectivity index (χ0n) is 11.5. The van der Waals surface area contributed by atoms with E-state index in [2.05, 4.69) is 36.1 Å². The highest BCUT2D eigenvalue weighted by atomic mass is 35.5. The van der Waals surface area contributed by atoms with Crippen LogP contribution < -0.4 is 4.90 Å². The number of hydrogen-bond donors (Lipinski definition) is 1. The first kappa shape index (κ1) is 13.3. The summed E-state index contributed by atoms with van der Waals surface area (Å²) in [6.07, 6.45) is 2.26. The molecule has 0 saturated carbocycles. The Morgan fingerprint density at radius 3 is 2.85 bits per heavy atom. The van der Waals surface area contributed by atoms with Crippen LogP contribution in [0.5, 0.6) is 5.75 Å². The number of phenolic OH excluding ortho intramolecular Hbond substituents is 1. The second kappa shape index (κ2) is 5.37. The first-order valence-corrected chi connectivity index (χ1v) is 7.35. The van der Waals surface area contributed by atoms with Gasteiger partial charge in [-0.3, -0.25) is 0 Å². The van der Waals surface area contributed by atoms with Crippen LogP contribution in [0.3, 0.4) is 0 Å². The van der Waals surface area contributed by atoms with Crippen molar-refractivity contribution in [2.75, 3.05) is 4.90 Å². The van der Waals surface area contributed by atoms with Crippen molar-refractivity contribution in [3.8, 4) is 5.75 Å². The van der Waals surface area contributed by atoms with Crippen molar-refractivity contribution in [2.24, 2.45) is 0 Å². The first-order valence-electron chi connectivity index (χ1n) is 6.97. The predicted molar refractivity (Wildman–Crippen MR) is 83.5 cm³/mol. The lowest BCUT2D eigenvalue weighted by molar-refractivity contribution is 0.463. The fourth-order valence-electron chi connectivity index (χ4n) is 2.87. The van der Waals surface area contributed by atoms with Gasteiger partial charge in [-0.25, -0.2) is 0 Å². The van der Waals surface area contributed by atoms with E-state index in [0.717, 1.165) is 18.4 Å². The molecule has 0 saturated heterocycles. The van der Waals surface area contributed by atoms with Crippen molar-refractivity contribution in [1.29, 1.82) is 0 Å². The van der Waals surface area contributed by atoms with Gasteiger partial charge in [-0.15, -0.1) is 0 Å². The number of fused-ring (bicyclic) bond motifs is 1. The molecule has 2 aromatic rings. The third kappa shape index (κ3) is 2.36. The van der Waals surface area contributed by atoms with Crippen molar-refractivity contribution < 1.29 is 5.11 Å². The number of aryl methyl sites for hydroxylation is 1. The van der Waals surface area contributed by atoms with Crippen molar-refractivity contribution >= 4 is 17.3 Å². The van der Waals surface area contributed by atoms with Gasteiger partial charge < -0.3 is 10.0 Å². The van der Waals surface area contributed by atoms with Gasteiger partial charge in [-0.1, -0.05) is 41.9 Å². The van der Waals surface area contributed by atoms with Crippen molar-refractivity contribution in [3.63, 3.8) is 0 Å². The van der Waals surface area contributed by atoms with Gasteiger partial charge in [-0.2, -0.15) is 0 Å². The summed E-state index contributed by atoms with van der Waals surface area (Å²) in [5.41, 5.74) is 3.53. The quantitative estimate of drug-likeness (QED) is 0.886. The topological polar surface area (TPSA) is 23.5 Å². The molecule has 0 bridgehead atoms. The van der Waals surface area contributed by atoms with E-state index in [9.17, 15) is 5.11 Å². The predicted octanol–water partition coefficient (Wildman–Crippen LogP) is 4.39. The van der Waals surface area contributed by atoms with E-state index in [1.54, 1.807) is 6.07 Å². The van der Waals surface area contributed by atoms with Gasteiger partial charge in [0.1, 0.15) is 5.75 Å². The second-order valence-corrected chi connectivity index (χ2v) is 5.80. The van der Waals surface area contributed by atoms with Gasteiger partial charge >= 0.3 is 0 Å². The maximum Gasteiger partial charge on any atom is 0.139 e. The molecule has 3 heteroatoms. The van der Waals surface area contributed by atoms with Crippen LogP contribution in [0.4, 0.5) is 5.69 Å². The molecule has 2 aromatic carbocycles.